The summed E-state index contributed by atoms with van der Waals surface area (Å²) in [6.07, 6.45) is 7.74. The zero-order valence-electron chi connectivity index (χ0n) is 21.6. The van der Waals surface area contributed by atoms with Crippen molar-refractivity contribution in [1.29, 1.82) is 0 Å². The molecule has 3 heterocycles. The number of likely N-dealkylation sites (tertiary alicyclic amines) is 1. The molecular formula is C28H32Cl2N5O2P. The number of benzene rings is 2. The second-order valence-corrected chi connectivity index (χ2v) is 14.9. The van der Waals surface area contributed by atoms with Gasteiger partial charge in [0.05, 0.1) is 24.6 Å². The molecule has 2 bridgehead atoms. The molecule has 2 saturated heterocycles. The number of hydrogen-bond donors (Lipinski definition) is 2. The minimum absolute atomic E-state index is 0.368. The standard InChI is InChI=1S/C28H32Cl2N5O2P/c1-38(2,36)26-12-19(29)6-10-25(26)33-27-24(30)14-31-28(34-27)32-20-7-3-17-4-8-21(9-5-18(17)11-20)35-15-23-13-22(35)16-37-23/h3,6-7,10-12,14,21-23H,4-5,8-9,13,15-16H2,1-2H3,(H2,31,32,33,34)/t21?,22-,23-/m0/s1. The van der Waals surface area contributed by atoms with Gasteiger partial charge in [0.1, 0.15) is 12.2 Å². The van der Waals surface area contributed by atoms with E-state index in [-0.39, 0.29) is 0 Å². The van der Waals surface area contributed by atoms with E-state index in [9.17, 15) is 4.57 Å². The van der Waals surface area contributed by atoms with Crippen molar-refractivity contribution in [2.75, 3.05) is 37.1 Å². The molecule has 200 valence electrons. The number of ether oxygens (including phenoxy) is 1. The van der Waals surface area contributed by atoms with Crippen molar-refractivity contribution in [3.8, 4) is 0 Å². The summed E-state index contributed by atoms with van der Waals surface area (Å²) in [5.74, 6) is 0.866. The van der Waals surface area contributed by atoms with Gasteiger partial charge in [0, 0.05) is 34.6 Å². The van der Waals surface area contributed by atoms with Gasteiger partial charge in [-0.25, -0.2) is 4.98 Å². The fourth-order valence-corrected chi connectivity index (χ4v) is 7.55. The van der Waals surface area contributed by atoms with Gasteiger partial charge in [0.25, 0.3) is 0 Å². The van der Waals surface area contributed by atoms with Gasteiger partial charge in [-0.1, -0.05) is 29.3 Å². The average molecular weight is 572 g/mol. The van der Waals surface area contributed by atoms with E-state index < -0.39 is 7.14 Å². The summed E-state index contributed by atoms with van der Waals surface area (Å²) in [6, 6.07) is 13.1. The Morgan fingerprint density at radius 2 is 1.84 bits per heavy atom. The highest BCUT2D eigenvalue weighted by Gasteiger charge is 2.42. The third kappa shape index (κ3) is 5.45. The fourth-order valence-electron chi connectivity index (χ4n) is 6.00. The van der Waals surface area contributed by atoms with Gasteiger partial charge >= 0.3 is 0 Å². The molecule has 2 aliphatic heterocycles. The van der Waals surface area contributed by atoms with Crippen molar-refractivity contribution in [3.63, 3.8) is 0 Å². The maximum atomic E-state index is 12.9. The summed E-state index contributed by atoms with van der Waals surface area (Å²) in [7, 11) is -2.59. The summed E-state index contributed by atoms with van der Waals surface area (Å²) >= 11 is 12.6. The lowest BCUT2D eigenvalue weighted by Gasteiger charge is -2.34. The van der Waals surface area contributed by atoms with Crippen LogP contribution in [0.4, 0.5) is 23.1 Å². The van der Waals surface area contributed by atoms with Crippen molar-refractivity contribution in [1.82, 2.24) is 14.9 Å². The SMILES string of the molecule is CP(C)(=O)c1cc(Cl)ccc1Nc1nc(Nc2ccc3c(c2)CCC(N2C[C@@H]4C[C@H]2CO4)CC3)ncc1Cl. The summed E-state index contributed by atoms with van der Waals surface area (Å²) in [5.41, 5.74) is 4.42. The number of rotatable bonds is 6. The lowest BCUT2D eigenvalue weighted by atomic mass is 10.0. The van der Waals surface area contributed by atoms with E-state index in [1.54, 1.807) is 37.7 Å². The van der Waals surface area contributed by atoms with Gasteiger partial charge in [-0.2, -0.15) is 4.98 Å². The lowest BCUT2D eigenvalue weighted by Crippen LogP contribution is -2.44. The molecule has 38 heavy (non-hydrogen) atoms. The molecule has 0 saturated carbocycles. The molecule has 1 aromatic heterocycles. The minimum atomic E-state index is -2.59. The Morgan fingerprint density at radius 1 is 1.03 bits per heavy atom. The molecule has 2 fully saturated rings. The van der Waals surface area contributed by atoms with Gasteiger partial charge in [-0.3, -0.25) is 4.90 Å². The number of halogens is 2. The molecule has 2 aromatic carbocycles. The predicted octanol–water partition coefficient (Wildman–Crippen LogP) is 6.24. The molecule has 0 spiro atoms. The number of morpholine rings is 1. The highest BCUT2D eigenvalue weighted by atomic mass is 35.5. The molecule has 3 atom stereocenters. The van der Waals surface area contributed by atoms with E-state index in [0.717, 1.165) is 31.7 Å². The fraction of sp³-hybridized carbons (Fsp3) is 0.429. The Bertz CT molecular complexity index is 1410. The van der Waals surface area contributed by atoms with Gasteiger partial charge in [0.2, 0.25) is 5.95 Å². The number of nitrogens with one attached hydrogen (secondary N) is 2. The maximum absolute atomic E-state index is 12.9. The van der Waals surface area contributed by atoms with E-state index in [0.29, 0.717) is 51.0 Å². The first kappa shape index (κ1) is 26.1. The van der Waals surface area contributed by atoms with Crippen molar-refractivity contribution in [3.05, 3.63) is 63.8 Å². The van der Waals surface area contributed by atoms with Crippen molar-refractivity contribution < 1.29 is 9.30 Å². The largest absolute Gasteiger partial charge is 0.375 e. The highest BCUT2D eigenvalue weighted by molar-refractivity contribution is 7.70. The molecule has 2 N–H and O–H groups in total. The summed E-state index contributed by atoms with van der Waals surface area (Å²) in [5, 5.41) is 8.12. The van der Waals surface area contributed by atoms with Crippen LogP contribution in [-0.2, 0) is 22.1 Å². The minimum Gasteiger partial charge on any atom is -0.375 e. The van der Waals surface area contributed by atoms with Crippen LogP contribution in [0, 0.1) is 0 Å². The van der Waals surface area contributed by atoms with E-state index in [2.05, 4.69) is 43.7 Å². The van der Waals surface area contributed by atoms with E-state index >= 15 is 0 Å². The van der Waals surface area contributed by atoms with Gasteiger partial charge in [-0.05, 0) is 86.9 Å². The van der Waals surface area contributed by atoms with Crippen molar-refractivity contribution in [2.45, 2.75) is 50.3 Å². The molecule has 0 radical (unpaired) electrons. The Morgan fingerprint density at radius 3 is 2.58 bits per heavy atom. The van der Waals surface area contributed by atoms with Crippen LogP contribution in [0.5, 0.6) is 0 Å². The zero-order chi connectivity index (χ0) is 26.4. The predicted molar refractivity (Wildman–Crippen MR) is 156 cm³/mol. The maximum Gasteiger partial charge on any atom is 0.229 e. The van der Waals surface area contributed by atoms with Crippen LogP contribution in [-0.4, -0.2) is 59.5 Å². The summed E-state index contributed by atoms with van der Waals surface area (Å²) in [4.78, 5) is 11.7. The molecule has 1 unspecified atom stereocenters. The molecule has 7 nitrogen and oxygen atoms in total. The Kier molecular flexibility index (Phi) is 7.17. The summed E-state index contributed by atoms with van der Waals surface area (Å²) in [6.45, 7) is 5.41. The van der Waals surface area contributed by atoms with Crippen LogP contribution in [0.25, 0.3) is 0 Å². The topological polar surface area (TPSA) is 79.4 Å². The molecule has 1 aliphatic carbocycles. The Balaban J connectivity index is 1.18. The van der Waals surface area contributed by atoms with Crippen molar-refractivity contribution >= 4 is 58.8 Å². The highest BCUT2D eigenvalue weighted by Crippen LogP contribution is 2.40. The van der Waals surface area contributed by atoms with Crippen LogP contribution in [0.3, 0.4) is 0 Å². The van der Waals surface area contributed by atoms with Crippen LogP contribution in [0.2, 0.25) is 10.0 Å². The number of anilines is 4. The van der Waals surface area contributed by atoms with Crippen LogP contribution < -0.4 is 15.9 Å². The molecule has 3 aliphatic rings. The van der Waals surface area contributed by atoms with Crippen LogP contribution >= 0.6 is 30.3 Å². The van der Waals surface area contributed by atoms with E-state index in [1.807, 2.05) is 0 Å². The van der Waals surface area contributed by atoms with E-state index in [1.165, 1.54) is 30.4 Å². The van der Waals surface area contributed by atoms with Crippen LogP contribution in [0.15, 0.2) is 42.6 Å². The monoisotopic (exact) mass is 571 g/mol. The smallest absolute Gasteiger partial charge is 0.229 e. The molecular weight excluding hydrogens is 540 g/mol. The second-order valence-electron chi connectivity index (χ2n) is 10.9. The Hall–Kier alpha value is -2.15. The van der Waals surface area contributed by atoms with E-state index in [4.69, 9.17) is 27.9 Å². The number of hydrogen-bond acceptors (Lipinski definition) is 7. The first-order valence-corrected chi connectivity index (χ1v) is 16.5. The molecule has 6 rings (SSSR count). The third-order valence-corrected chi connectivity index (χ3v) is 9.95. The first-order chi connectivity index (χ1) is 18.2. The van der Waals surface area contributed by atoms with Gasteiger partial charge < -0.3 is 19.9 Å². The number of nitrogens with zero attached hydrogens (tertiary/aromatic N) is 3. The lowest BCUT2D eigenvalue weighted by molar-refractivity contribution is 0.00854. The van der Waals surface area contributed by atoms with Crippen LogP contribution in [0.1, 0.15) is 30.4 Å². The third-order valence-electron chi connectivity index (χ3n) is 7.91. The average Bonchev–Trinajstić information content (AvgIpc) is 3.45. The molecule has 0 amide bonds. The normalized spacial score (nSPS) is 23.2. The van der Waals surface area contributed by atoms with Gasteiger partial charge in [0.15, 0.2) is 5.82 Å². The zero-order valence-corrected chi connectivity index (χ0v) is 24.0. The molecule has 3 aromatic rings. The second kappa shape index (κ2) is 10.4. The van der Waals surface area contributed by atoms with Gasteiger partial charge in [-0.15, -0.1) is 0 Å². The number of aromatic nitrogens is 2. The quantitative estimate of drug-likeness (QED) is 0.268. The number of fused-ring (bicyclic) bond motifs is 3. The summed E-state index contributed by atoms with van der Waals surface area (Å²) < 4.78 is 18.7. The first-order valence-electron chi connectivity index (χ1n) is 13.1. The number of aryl methyl sites for hydroxylation is 2. The molecule has 10 heteroatoms. The Labute approximate surface area is 233 Å². The van der Waals surface area contributed by atoms with Crippen molar-refractivity contribution in [2.24, 2.45) is 0 Å².